The molecule has 1 saturated heterocycles. The molecule has 3 heterocycles. The van der Waals surface area contributed by atoms with Crippen molar-refractivity contribution in [2.24, 2.45) is 5.92 Å². The van der Waals surface area contributed by atoms with Crippen molar-refractivity contribution in [2.45, 2.75) is 18.4 Å². The first-order valence-corrected chi connectivity index (χ1v) is 8.45. The summed E-state index contributed by atoms with van der Waals surface area (Å²) < 4.78 is 11.4. The van der Waals surface area contributed by atoms with Crippen molar-refractivity contribution in [1.82, 2.24) is 4.90 Å². The van der Waals surface area contributed by atoms with Crippen LogP contribution in [0.2, 0.25) is 0 Å². The Bertz CT molecular complexity index is 847. The Kier molecular flexibility index (Phi) is 2.76. The van der Waals surface area contributed by atoms with Crippen molar-refractivity contribution in [3.63, 3.8) is 0 Å². The summed E-state index contributed by atoms with van der Waals surface area (Å²) in [5.74, 6) is 2.17. The average molecular weight is 321 g/mol. The van der Waals surface area contributed by atoms with Gasteiger partial charge in [-0.2, -0.15) is 0 Å². The zero-order chi connectivity index (χ0) is 16.3. The summed E-state index contributed by atoms with van der Waals surface area (Å²) in [5.41, 5.74) is 3.26. The number of carbonyl (C=O) groups excluding carboxylic acids is 1. The molecule has 1 amide bonds. The van der Waals surface area contributed by atoms with Crippen LogP contribution >= 0.6 is 0 Å². The topological polar surface area (TPSA) is 38.8 Å². The highest BCUT2D eigenvalue weighted by Crippen LogP contribution is 2.56. The van der Waals surface area contributed by atoms with Crippen molar-refractivity contribution in [2.75, 3.05) is 20.3 Å². The van der Waals surface area contributed by atoms with E-state index >= 15 is 0 Å². The van der Waals surface area contributed by atoms with E-state index in [1.807, 2.05) is 24.3 Å². The van der Waals surface area contributed by atoms with Crippen LogP contribution in [0.4, 0.5) is 0 Å². The lowest BCUT2D eigenvalue weighted by molar-refractivity contribution is -0.131. The molecule has 3 aliphatic heterocycles. The molecule has 122 valence electrons. The molecule has 2 unspecified atom stereocenters. The van der Waals surface area contributed by atoms with Gasteiger partial charge in [0, 0.05) is 24.4 Å². The van der Waals surface area contributed by atoms with Crippen LogP contribution in [-0.4, -0.2) is 31.1 Å². The van der Waals surface area contributed by atoms with Gasteiger partial charge in [-0.1, -0.05) is 24.3 Å². The summed E-state index contributed by atoms with van der Waals surface area (Å²) >= 11 is 0. The summed E-state index contributed by atoms with van der Waals surface area (Å²) in [6.45, 7) is 1.34. The largest absolute Gasteiger partial charge is 0.497 e. The highest BCUT2D eigenvalue weighted by atomic mass is 16.5. The van der Waals surface area contributed by atoms with Crippen LogP contribution in [0.1, 0.15) is 23.1 Å². The van der Waals surface area contributed by atoms with E-state index in [0.717, 1.165) is 30.0 Å². The van der Waals surface area contributed by atoms with E-state index in [0.29, 0.717) is 13.0 Å². The van der Waals surface area contributed by atoms with Crippen molar-refractivity contribution in [3.8, 4) is 11.5 Å². The number of rotatable bonds is 1. The van der Waals surface area contributed by atoms with Gasteiger partial charge in [0.25, 0.3) is 0 Å². The van der Waals surface area contributed by atoms with Crippen LogP contribution in [0.5, 0.6) is 11.5 Å². The molecule has 2 aromatic rings. The second-order valence-corrected chi connectivity index (χ2v) is 6.79. The van der Waals surface area contributed by atoms with Crippen molar-refractivity contribution < 1.29 is 14.3 Å². The third-order valence-electron chi connectivity index (χ3n) is 5.80. The maximum absolute atomic E-state index is 12.8. The molecule has 4 nitrogen and oxygen atoms in total. The zero-order valence-electron chi connectivity index (χ0n) is 13.6. The maximum atomic E-state index is 12.8. The van der Waals surface area contributed by atoms with Crippen LogP contribution in [0.15, 0.2) is 42.5 Å². The Hall–Kier alpha value is -2.49. The number of benzene rings is 2. The van der Waals surface area contributed by atoms with Gasteiger partial charge in [0.05, 0.1) is 13.7 Å². The molecule has 0 radical (unpaired) electrons. The predicted octanol–water partition coefficient (Wildman–Crippen LogP) is 2.74. The second kappa shape index (κ2) is 4.76. The number of amides is 1. The van der Waals surface area contributed by atoms with Gasteiger partial charge in [-0.05, 0) is 35.7 Å². The first-order chi connectivity index (χ1) is 11.7. The Morgan fingerprint density at radius 3 is 2.96 bits per heavy atom. The van der Waals surface area contributed by atoms with E-state index in [2.05, 4.69) is 23.1 Å². The molecule has 2 atom stereocenters. The monoisotopic (exact) mass is 321 g/mol. The molecule has 4 heteroatoms. The summed E-state index contributed by atoms with van der Waals surface area (Å²) in [4.78, 5) is 14.8. The van der Waals surface area contributed by atoms with Crippen molar-refractivity contribution in [1.29, 1.82) is 0 Å². The fourth-order valence-corrected chi connectivity index (χ4v) is 4.85. The molecule has 1 fully saturated rings. The quantitative estimate of drug-likeness (QED) is 0.811. The molecule has 3 aliphatic rings. The van der Waals surface area contributed by atoms with Crippen LogP contribution in [0.3, 0.4) is 0 Å². The van der Waals surface area contributed by atoms with Crippen molar-refractivity contribution in [3.05, 3.63) is 59.2 Å². The van der Waals surface area contributed by atoms with E-state index < -0.39 is 0 Å². The molecule has 0 aromatic heterocycles. The minimum atomic E-state index is -0.383. The number of carbonyl (C=O) groups is 1. The molecule has 0 saturated carbocycles. The Balaban J connectivity index is 1.83. The summed E-state index contributed by atoms with van der Waals surface area (Å²) in [7, 11) is 1.70. The third-order valence-corrected chi connectivity index (χ3v) is 5.80. The molecule has 0 N–H and O–H groups in total. The van der Waals surface area contributed by atoms with Gasteiger partial charge in [-0.15, -0.1) is 0 Å². The zero-order valence-corrected chi connectivity index (χ0v) is 13.6. The van der Waals surface area contributed by atoms with Gasteiger partial charge in [-0.3, -0.25) is 4.79 Å². The van der Waals surface area contributed by atoms with Gasteiger partial charge in [0.1, 0.15) is 17.0 Å². The fourth-order valence-electron chi connectivity index (χ4n) is 4.85. The second-order valence-electron chi connectivity index (χ2n) is 6.79. The standard InChI is InChI=1S/C20H19NO3/c1-23-15-6-7-16-13(10-15)8-9-21-19(22)11-14-12-24-18-5-3-2-4-17(18)20(14,16)21/h2-7,10,14H,8-9,11-12H2,1H3. The van der Waals surface area contributed by atoms with E-state index in [-0.39, 0.29) is 17.4 Å². The average Bonchev–Trinajstić information content (AvgIpc) is 2.94. The molecular formula is C20H19NO3. The van der Waals surface area contributed by atoms with E-state index in [9.17, 15) is 4.79 Å². The fraction of sp³-hybridized carbons (Fsp3) is 0.350. The number of fused-ring (bicyclic) bond motifs is 2. The van der Waals surface area contributed by atoms with Crippen LogP contribution in [-0.2, 0) is 16.8 Å². The predicted molar refractivity (Wildman–Crippen MR) is 89.2 cm³/mol. The van der Waals surface area contributed by atoms with Gasteiger partial charge in [0.15, 0.2) is 0 Å². The minimum Gasteiger partial charge on any atom is -0.497 e. The van der Waals surface area contributed by atoms with Gasteiger partial charge >= 0.3 is 0 Å². The number of hydrogen-bond acceptors (Lipinski definition) is 3. The lowest BCUT2D eigenvalue weighted by Crippen LogP contribution is -2.54. The number of methoxy groups -OCH3 is 1. The molecule has 1 spiro atoms. The SMILES string of the molecule is COc1ccc2c(c1)CCN1C(=O)CC3COc4ccccc4C231. The normalized spacial score (nSPS) is 26.8. The number of nitrogens with zero attached hydrogens (tertiary/aromatic N) is 1. The lowest BCUT2D eigenvalue weighted by atomic mass is 9.69. The van der Waals surface area contributed by atoms with E-state index in [1.165, 1.54) is 11.1 Å². The Labute approximate surface area is 141 Å². The highest BCUT2D eigenvalue weighted by molar-refractivity contribution is 5.83. The van der Waals surface area contributed by atoms with E-state index in [1.54, 1.807) is 7.11 Å². The van der Waals surface area contributed by atoms with Crippen molar-refractivity contribution >= 4 is 5.91 Å². The van der Waals surface area contributed by atoms with Crippen LogP contribution < -0.4 is 9.47 Å². The molecule has 5 rings (SSSR count). The first kappa shape index (κ1) is 13.9. The first-order valence-electron chi connectivity index (χ1n) is 8.45. The molecular weight excluding hydrogens is 302 g/mol. The maximum Gasteiger partial charge on any atom is 0.224 e. The number of hydrogen-bond donors (Lipinski definition) is 0. The molecule has 2 aromatic carbocycles. The minimum absolute atomic E-state index is 0.160. The highest BCUT2D eigenvalue weighted by Gasteiger charge is 2.59. The summed E-state index contributed by atoms with van der Waals surface area (Å²) in [5, 5.41) is 0. The smallest absolute Gasteiger partial charge is 0.224 e. The third kappa shape index (κ3) is 1.56. The Morgan fingerprint density at radius 1 is 1.21 bits per heavy atom. The lowest BCUT2D eigenvalue weighted by Gasteiger charge is -2.49. The number of para-hydroxylation sites is 1. The number of ether oxygens (including phenoxy) is 2. The Morgan fingerprint density at radius 2 is 2.08 bits per heavy atom. The summed E-state index contributed by atoms with van der Waals surface area (Å²) in [6.07, 6.45) is 1.43. The van der Waals surface area contributed by atoms with Crippen LogP contribution in [0, 0.1) is 5.92 Å². The van der Waals surface area contributed by atoms with Gasteiger partial charge in [0.2, 0.25) is 5.91 Å². The van der Waals surface area contributed by atoms with Gasteiger partial charge < -0.3 is 14.4 Å². The van der Waals surface area contributed by atoms with Gasteiger partial charge in [-0.25, -0.2) is 0 Å². The summed E-state index contributed by atoms with van der Waals surface area (Å²) in [6, 6.07) is 14.4. The molecule has 0 aliphatic carbocycles. The molecule has 24 heavy (non-hydrogen) atoms. The molecule has 0 bridgehead atoms. The van der Waals surface area contributed by atoms with Crippen LogP contribution in [0.25, 0.3) is 0 Å². The van der Waals surface area contributed by atoms with E-state index in [4.69, 9.17) is 9.47 Å².